The largest absolute Gasteiger partial charge is 0.337 e. The highest BCUT2D eigenvalue weighted by molar-refractivity contribution is 5.73. The van der Waals surface area contributed by atoms with Crippen LogP contribution in [0.4, 0.5) is 5.69 Å². The van der Waals surface area contributed by atoms with Gasteiger partial charge in [0.1, 0.15) is 0 Å². The highest BCUT2D eigenvalue weighted by Gasteiger charge is 2.16. The number of nitrogens with zero attached hydrogens (tertiary/aromatic N) is 2. The number of hydrogen-bond donors (Lipinski definition) is 1. The van der Waals surface area contributed by atoms with Gasteiger partial charge in [-0.25, -0.2) is 0 Å². The minimum atomic E-state index is -0.448. The fraction of sp³-hybridized carbons (Fsp3) is 0.364. The maximum atomic E-state index is 11.3. The first kappa shape index (κ1) is 13.1. The van der Waals surface area contributed by atoms with E-state index in [1.807, 2.05) is 0 Å². The van der Waals surface area contributed by atoms with Crippen molar-refractivity contribution in [3.05, 3.63) is 39.9 Å². The summed E-state index contributed by atoms with van der Waals surface area (Å²) in [5.74, 6) is -0.145. The number of carbonyl (C=O) groups excluding carboxylic acids is 1. The summed E-state index contributed by atoms with van der Waals surface area (Å²) in [6.45, 7) is 2.36. The Morgan fingerprint density at radius 2 is 2.12 bits per heavy atom. The number of para-hydroxylation sites is 1. The molecule has 0 aliphatic rings. The molecule has 6 heteroatoms. The van der Waals surface area contributed by atoms with Crippen LogP contribution in [0.25, 0.3) is 0 Å². The zero-order valence-electron chi connectivity index (χ0n) is 9.63. The van der Waals surface area contributed by atoms with E-state index in [0.29, 0.717) is 18.7 Å². The molecule has 0 aromatic heterocycles. The van der Waals surface area contributed by atoms with E-state index in [-0.39, 0.29) is 18.1 Å². The minimum Gasteiger partial charge on any atom is -0.337 e. The molecule has 0 unspecified atom stereocenters. The van der Waals surface area contributed by atoms with E-state index in [9.17, 15) is 14.9 Å². The Hall–Kier alpha value is -1.95. The number of nitro groups is 1. The van der Waals surface area contributed by atoms with E-state index in [0.717, 1.165) is 0 Å². The lowest BCUT2D eigenvalue weighted by Crippen LogP contribution is -2.33. The van der Waals surface area contributed by atoms with Gasteiger partial charge < -0.3 is 10.6 Å². The van der Waals surface area contributed by atoms with Crippen molar-refractivity contribution in [3.63, 3.8) is 0 Å². The van der Waals surface area contributed by atoms with Gasteiger partial charge in [-0.2, -0.15) is 0 Å². The molecule has 0 saturated heterocycles. The summed E-state index contributed by atoms with van der Waals surface area (Å²) >= 11 is 0. The van der Waals surface area contributed by atoms with Gasteiger partial charge in [-0.15, -0.1) is 0 Å². The molecule has 0 saturated carbocycles. The molecule has 0 spiro atoms. The zero-order valence-corrected chi connectivity index (χ0v) is 9.63. The maximum Gasteiger partial charge on any atom is 0.274 e. The Balaban J connectivity index is 2.92. The molecule has 0 atom stereocenters. The van der Waals surface area contributed by atoms with Gasteiger partial charge in [0.2, 0.25) is 5.91 Å². The highest BCUT2D eigenvalue weighted by atomic mass is 16.6. The van der Waals surface area contributed by atoms with Gasteiger partial charge in [0.15, 0.2) is 0 Å². The third kappa shape index (κ3) is 3.53. The molecule has 0 fully saturated rings. The van der Waals surface area contributed by atoms with Crippen molar-refractivity contribution in [3.8, 4) is 0 Å². The van der Waals surface area contributed by atoms with Gasteiger partial charge in [-0.05, 0) is 0 Å². The summed E-state index contributed by atoms with van der Waals surface area (Å²) in [7, 11) is 0. The molecule has 0 aliphatic heterocycles. The molecule has 1 aromatic rings. The van der Waals surface area contributed by atoms with Crippen molar-refractivity contribution < 1.29 is 9.72 Å². The molecular formula is C11H15N3O3. The third-order valence-electron chi connectivity index (χ3n) is 2.39. The Labute approximate surface area is 99.2 Å². The maximum absolute atomic E-state index is 11.3. The Kier molecular flexibility index (Phi) is 4.59. The first-order valence-corrected chi connectivity index (χ1v) is 5.24. The third-order valence-corrected chi connectivity index (χ3v) is 2.39. The van der Waals surface area contributed by atoms with Gasteiger partial charge in [0.25, 0.3) is 5.69 Å². The monoisotopic (exact) mass is 237 g/mol. The first-order chi connectivity index (χ1) is 8.06. The quantitative estimate of drug-likeness (QED) is 0.608. The van der Waals surface area contributed by atoms with Crippen LogP contribution in [0.5, 0.6) is 0 Å². The highest BCUT2D eigenvalue weighted by Crippen LogP contribution is 2.19. The van der Waals surface area contributed by atoms with E-state index in [1.54, 1.807) is 18.2 Å². The molecule has 0 radical (unpaired) electrons. The summed E-state index contributed by atoms with van der Waals surface area (Å²) in [5, 5.41) is 10.8. The molecule has 1 aromatic carbocycles. The van der Waals surface area contributed by atoms with Gasteiger partial charge in [0.05, 0.1) is 11.5 Å². The standard InChI is InChI=1S/C11H15N3O3/c1-9(15)13(7-6-12)8-10-4-2-3-5-11(10)14(16)17/h2-5H,6-8,12H2,1H3. The number of hydrogen-bond acceptors (Lipinski definition) is 4. The van der Waals surface area contributed by atoms with Crippen LogP contribution >= 0.6 is 0 Å². The number of amides is 1. The number of benzene rings is 1. The zero-order chi connectivity index (χ0) is 12.8. The summed E-state index contributed by atoms with van der Waals surface area (Å²) < 4.78 is 0. The van der Waals surface area contributed by atoms with Gasteiger partial charge in [-0.3, -0.25) is 14.9 Å². The second kappa shape index (κ2) is 5.95. The lowest BCUT2D eigenvalue weighted by Gasteiger charge is -2.19. The molecule has 17 heavy (non-hydrogen) atoms. The number of nitro benzene ring substituents is 1. The summed E-state index contributed by atoms with van der Waals surface area (Å²) in [6.07, 6.45) is 0. The average molecular weight is 237 g/mol. The molecule has 2 N–H and O–H groups in total. The van der Waals surface area contributed by atoms with Crippen LogP contribution in [0.1, 0.15) is 12.5 Å². The van der Waals surface area contributed by atoms with Gasteiger partial charge in [-0.1, -0.05) is 18.2 Å². The molecule has 92 valence electrons. The van der Waals surface area contributed by atoms with Crippen molar-refractivity contribution in [2.75, 3.05) is 13.1 Å². The average Bonchev–Trinajstić information content (AvgIpc) is 2.28. The predicted octanol–water partition coefficient (Wildman–Crippen LogP) is 0.902. The molecule has 6 nitrogen and oxygen atoms in total. The van der Waals surface area contributed by atoms with Crippen molar-refractivity contribution >= 4 is 11.6 Å². The SMILES string of the molecule is CC(=O)N(CCN)Cc1ccccc1[N+](=O)[O-]. The van der Waals surface area contributed by atoms with E-state index in [4.69, 9.17) is 5.73 Å². The lowest BCUT2D eigenvalue weighted by molar-refractivity contribution is -0.385. The molecule has 0 bridgehead atoms. The van der Waals surface area contributed by atoms with Gasteiger partial charge in [0, 0.05) is 31.6 Å². The molecular weight excluding hydrogens is 222 g/mol. The normalized spacial score (nSPS) is 10.0. The van der Waals surface area contributed by atoms with Crippen LogP contribution in [0.3, 0.4) is 0 Å². The van der Waals surface area contributed by atoms with Crippen LogP contribution < -0.4 is 5.73 Å². The Morgan fingerprint density at radius 3 is 2.65 bits per heavy atom. The van der Waals surface area contributed by atoms with E-state index in [2.05, 4.69) is 0 Å². The Bertz CT molecular complexity index is 420. The fourth-order valence-electron chi connectivity index (χ4n) is 1.53. The van der Waals surface area contributed by atoms with Crippen LogP contribution in [-0.4, -0.2) is 28.8 Å². The molecule has 1 amide bonds. The Morgan fingerprint density at radius 1 is 1.47 bits per heavy atom. The van der Waals surface area contributed by atoms with E-state index < -0.39 is 4.92 Å². The van der Waals surface area contributed by atoms with E-state index >= 15 is 0 Å². The second-order valence-corrected chi connectivity index (χ2v) is 3.62. The first-order valence-electron chi connectivity index (χ1n) is 5.24. The van der Waals surface area contributed by atoms with Crippen molar-refractivity contribution in [2.45, 2.75) is 13.5 Å². The van der Waals surface area contributed by atoms with Gasteiger partial charge >= 0.3 is 0 Å². The summed E-state index contributed by atoms with van der Waals surface area (Å²) in [4.78, 5) is 23.2. The van der Waals surface area contributed by atoms with Crippen molar-refractivity contribution in [1.29, 1.82) is 0 Å². The van der Waals surface area contributed by atoms with Crippen LogP contribution in [-0.2, 0) is 11.3 Å². The number of carbonyl (C=O) groups is 1. The van der Waals surface area contributed by atoms with Crippen LogP contribution in [0.2, 0.25) is 0 Å². The van der Waals surface area contributed by atoms with Crippen LogP contribution in [0.15, 0.2) is 24.3 Å². The predicted molar refractivity (Wildman–Crippen MR) is 63.2 cm³/mol. The fourth-order valence-corrected chi connectivity index (χ4v) is 1.53. The van der Waals surface area contributed by atoms with Crippen molar-refractivity contribution in [1.82, 2.24) is 4.90 Å². The summed E-state index contributed by atoms with van der Waals surface area (Å²) in [5.41, 5.74) is 5.93. The number of rotatable bonds is 5. The lowest BCUT2D eigenvalue weighted by atomic mass is 10.1. The second-order valence-electron chi connectivity index (χ2n) is 3.62. The van der Waals surface area contributed by atoms with Crippen molar-refractivity contribution in [2.24, 2.45) is 5.73 Å². The molecule has 0 heterocycles. The minimum absolute atomic E-state index is 0.0239. The topological polar surface area (TPSA) is 89.5 Å². The van der Waals surface area contributed by atoms with E-state index in [1.165, 1.54) is 17.9 Å². The molecule has 0 aliphatic carbocycles. The van der Waals surface area contributed by atoms with Crippen LogP contribution in [0, 0.1) is 10.1 Å². The number of nitrogens with two attached hydrogens (primary N) is 1. The summed E-state index contributed by atoms with van der Waals surface area (Å²) in [6, 6.07) is 6.38. The smallest absolute Gasteiger partial charge is 0.274 e. The molecule has 1 rings (SSSR count).